The fourth-order valence-corrected chi connectivity index (χ4v) is 2.47. The lowest BCUT2D eigenvalue weighted by Gasteiger charge is -2.09. The number of hydrogen-bond acceptors (Lipinski definition) is 5. The summed E-state index contributed by atoms with van der Waals surface area (Å²) in [6.45, 7) is 0. The second kappa shape index (κ2) is 6.30. The molecule has 0 aliphatic heterocycles. The number of hydrogen-bond donors (Lipinski definition) is 1. The van der Waals surface area contributed by atoms with Crippen LogP contribution < -0.4 is 5.73 Å². The van der Waals surface area contributed by atoms with Gasteiger partial charge >= 0.3 is 0 Å². The zero-order valence-electron chi connectivity index (χ0n) is 12.8. The molecule has 3 aromatic heterocycles. The molecule has 0 saturated heterocycles. The highest BCUT2D eigenvalue weighted by Gasteiger charge is 2.14. The lowest BCUT2D eigenvalue weighted by molar-refractivity contribution is 0.584. The van der Waals surface area contributed by atoms with E-state index in [2.05, 4.69) is 21.1 Å². The molecule has 0 aliphatic rings. The van der Waals surface area contributed by atoms with E-state index >= 15 is 0 Å². The first kappa shape index (κ1) is 15.4. The number of pyridine rings is 2. The molecular weight excluding hydrogens is 307 g/mol. The third kappa shape index (κ3) is 2.61. The molecule has 3 heterocycles. The first-order chi connectivity index (χ1) is 11.7. The molecule has 0 aliphatic carbocycles. The maximum absolute atomic E-state index is 13.1. The van der Waals surface area contributed by atoms with Gasteiger partial charge in [0.2, 0.25) is 5.95 Å². The van der Waals surface area contributed by atoms with Crippen LogP contribution in [0, 0.1) is 17.3 Å². The van der Waals surface area contributed by atoms with Gasteiger partial charge in [0, 0.05) is 54.1 Å². The lowest BCUT2D eigenvalue weighted by Crippen LogP contribution is -1.98. The summed E-state index contributed by atoms with van der Waals surface area (Å²) in [6.07, 6.45) is 7.73. The molecule has 7 heteroatoms. The summed E-state index contributed by atoms with van der Waals surface area (Å²) in [4.78, 5) is 7.67. The van der Waals surface area contributed by atoms with E-state index in [0.29, 0.717) is 27.8 Å². The largest absolute Gasteiger partial charge is 0.404 e. The average molecular weight is 320 g/mol. The van der Waals surface area contributed by atoms with E-state index in [1.54, 1.807) is 30.0 Å². The van der Waals surface area contributed by atoms with Crippen molar-refractivity contribution in [3.8, 4) is 17.2 Å². The molecule has 0 fully saturated rings. The second-order valence-corrected chi connectivity index (χ2v) is 4.98. The Hall–Kier alpha value is -3.53. The van der Waals surface area contributed by atoms with Crippen LogP contribution in [0.4, 0.5) is 4.39 Å². The third-order valence-electron chi connectivity index (χ3n) is 3.55. The number of aliphatic imine (C=N–C) groups is 1. The van der Waals surface area contributed by atoms with E-state index in [1.807, 2.05) is 6.07 Å². The molecule has 0 saturated carbocycles. The van der Waals surface area contributed by atoms with Crippen LogP contribution in [-0.2, 0) is 0 Å². The minimum absolute atomic E-state index is 0.420. The molecule has 6 nitrogen and oxygen atoms in total. The predicted molar refractivity (Wildman–Crippen MR) is 89.7 cm³/mol. The Balaban J connectivity index is 2.33. The van der Waals surface area contributed by atoms with E-state index in [4.69, 9.17) is 5.73 Å². The Morgan fingerprint density at radius 2 is 2.25 bits per heavy atom. The Kier molecular flexibility index (Phi) is 4.03. The first-order valence-corrected chi connectivity index (χ1v) is 7.05. The van der Waals surface area contributed by atoms with Gasteiger partial charge in [-0.1, -0.05) is 0 Å². The van der Waals surface area contributed by atoms with E-state index in [1.165, 1.54) is 24.7 Å². The highest BCUT2D eigenvalue weighted by molar-refractivity contribution is 6.10. The standard InChI is InChI=1S/C17H13FN6/c1-21-7-13(5-19)12-4-15(11-2-3-16(18)22-8-11)17-14(6-20)9-23-24(17)10-12/h2-5,7-10H,19H2,1H3. The van der Waals surface area contributed by atoms with E-state index in [9.17, 15) is 9.65 Å². The summed E-state index contributed by atoms with van der Waals surface area (Å²) in [7, 11) is 1.65. The van der Waals surface area contributed by atoms with E-state index < -0.39 is 5.95 Å². The van der Waals surface area contributed by atoms with Crippen molar-refractivity contribution in [2.24, 2.45) is 10.7 Å². The number of nitrogens with zero attached hydrogens (tertiary/aromatic N) is 5. The number of aromatic nitrogens is 3. The van der Waals surface area contributed by atoms with Crippen molar-refractivity contribution in [1.29, 1.82) is 5.26 Å². The van der Waals surface area contributed by atoms with Gasteiger partial charge in [0.1, 0.15) is 6.07 Å². The van der Waals surface area contributed by atoms with E-state index in [0.717, 1.165) is 5.56 Å². The maximum atomic E-state index is 13.1. The van der Waals surface area contributed by atoms with Crippen molar-refractivity contribution in [3.05, 3.63) is 60.1 Å². The summed E-state index contributed by atoms with van der Waals surface area (Å²) in [5.74, 6) is -0.569. The summed E-state index contributed by atoms with van der Waals surface area (Å²) in [6, 6.07) is 6.85. The van der Waals surface area contributed by atoms with E-state index in [-0.39, 0.29) is 0 Å². The number of nitrogens with two attached hydrogens (primary N) is 1. The second-order valence-electron chi connectivity index (χ2n) is 4.98. The minimum atomic E-state index is -0.569. The van der Waals surface area contributed by atoms with Gasteiger partial charge in [-0.3, -0.25) is 4.99 Å². The molecule has 24 heavy (non-hydrogen) atoms. The van der Waals surface area contributed by atoms with Crippen molar-refractivity contribution in [2.75, 3.05) is 7.05 Å². The number of fused-ring (bicyclic) bond motifs is 1. The molecule has 0 unspecified atom stereocenters. The first-order valence-electron chi connectivity index (χ1n) is 7.05. The number of rotatable bonds is 3. The Bertz CT molecular complexity index is 992. The molecule has 0 spiro atoms. The van der Waals surface area contributed by atoms with Crippen LogP contribution >= 0.6 is 0 Å². The number of halogens is 1. The van der Waals surface area contributed by atoms with Crippen LogP contribution in [0.15, 0.2) is 48.0 Å². The number of nitriles is 1. The molecule has 3 aromatic rings. The summed E-state index contributed by atoms with van der Waals surface area (Å²) in [5.41, 5.74) is 9.56. The number of allylic oxidation sites excluding steroid dienone is 1. The van der Waals surface area contributed by atoms with Gasteiger partial charge in [-0.2, -0.15) is 14.8 Å². The molecular formula is C17H13FN6. The zero-order chi connectivity index (χ0) is 17.1. The quantitative estimate of drug-likeness (QED) is 0.592. The predicted octanol–water partition coefficient (Wildman–Crippen LogP) is 2.41. The molecule has 2 N–H and O–H groups in total. The topological polar surface area (TPSA) is 92.4 Å². The zero-order valence-corrected chi connectivity index (χ0v) is 12.8. The van der Waals surface area contributed by atoms with Crippen LogP contribution in [0.25, 0.3) is 22.2 Å². The van der Waals surface area contributed by atoms with Gasteiger partial charge in [0.25, 0.3) is 0 Å². The Morgan fingerprint density at radius 1 is 1.42 bits per heavy atom. The Labute approximate surface area is 137 Å². The average Bonchev–Trinajstić information content (AvgIpc) is 3.02. The Morgan fingerprint density at radius 3 is 2.88 bits per heavy atom. The minimum Gasteiger partial charge on any atom is -0.404 e. The maximum Gasteiger partial charge on any atom is 0.212 e. The fourth-order valence-electron chi connectivity index (χ4n) is 2.47. The lowest BCUT2D eigenvalue weighted by atomic mass is 10.0. The molecule has 3 rings (SSSR count). The third-order valence-corrected chi connectivity index (χ3v) is 3.55. The van der Waals surface area contributed by atoms with Gasteiger partial charge < -0.3 is 5.73 Å². The van der Waals surface area contributed by atoms with Crippen LogP contribution in [0.3, 0.4) is 0 Å². The van der Waals surface area contributed by atoms with Crippen molar-refractivity contribution < 1.29 is 4.39 Å². The summed E-state index contributed by atoms with van der Waals surface area (Å²) >= 11 is 0. The van der Waals surface area contributed by atoms with Crippen LogP contribution in [-0.4, -0.2) is 27.9 Å². The molecule has 0 amide bonds. The molecule has 118 valence electrons. The van der Waals surface area contributed by atoms with Crippen LogP contribution in [0.2, 0.25) is 0 Å². The van der Waals surface area contributed by atoms with Crippen LogP contribution in [0.5, 0.6) is 0 Å². The molecule has 0 aromatic carbocycles. The highest BCUT2D eigenvalue weighted by Crippen LogP contribution is 2.29. The van der Waals surface area contributed by atoms with Crippen molar-refractivity contribution in [2.45, 2.75) is 0 Å². The SMILES string of the molecule is CN=CC(=CN)c1cc(-c2ccc(F)nc2)c2c(C#N)cnn2c1. The molecule has 0 atom stereocenters. The van der Waals surface area contributed by atoms with Gasteiger partial charge in [0.15, 0.2) is 0 Å². The van der Waals surface area contributed by atoms with Gasteiger partial charge in [-0.25, -0.2) is 9.50 Å². The van der Waals surface area contributed by atoms with Gasteiger partial charge in [0.05, 0.1) is 17.3 Å². The molecule has 0 bridgehead atoms. The molecule has 0 radical (unpaired) electrons. The monoisotopic (exact) mass is 320 g/mol. The van der Waals surface area contributed by atoms with Crippen molar-refractivity contribution >= 4 is 17.3 Å². The van der Waals surface area contributed by atoms with Gasteiger partial charge in [-0.05, 0) is 18.2 Å². The van der Waals surface area contributed by atoms with Gasteiger partial charge in [-0.15, -0.1) is 0 Å². The smallest absolute Gasteiger partial charge is 0.212 e. The normalized spacial score (nSPS) is 12.0. The fraction of sp³-hybridized carbons (Fsp3) is 0.0588. The summed E-state index contributed by atoms with van der Waals surface area (Å²) < 4.78 is 14.7. The highest BCUT2D eigenvalue weighted by atomic mass is 19.1. The van der Waals surface area contributed by atoms with Crippen molar-refractivity contribution in [1.82, 2.24) is 14.6 Å². The van der Waals surface area contributed by atoms with Crippen LogP contribution in [0.1, 0.15) is 11.1 Å². The van der Waals surface area contributed by atoms with Crippen molar-refractivity contribution in [3.63, 3.8) is 0 Å². The summed E-state index contributed by atoms with van der Waals surface area (Å²) in [5, 5.41) is 13.5.